The van der Waals surface area contributed by atoms with Crippen molar-refractivity contribution in [3.8, 4) is 34.1 Å². The zero-order chi connectivity index (χ0) is 17.6. The van der Waals surface area contributed by atoms with Gasteiger partial charge in [0.25, 0.3) is 0 Å². The van der Waals surface area contributed by atoms with Crippen LogP contribution in [0.5, 0.6) is 23.0 Å². The Morgan fingerprint density at radius 1 is 0.960 bits per heavy atom. The van der Waals surface area contributed by atoms with E-state index in [0.29, 0.717) is 50.9 Å². The van der Waals surface area contributed by atoms with Crippen LogP contribution in [0.25, 0.3) is 22.1 Å². The molecule has 128 valence electrons. The minimum absolute atomic E-state index is 0.115. The quantitative estimate of drug-likeness (QED) is 0.728. The van der Waals surface area contributed by atoms with E-state index in [1.54, 1.807) is 51.7 Å². The maximum atomic E-state index is 13.1. The van der Waals surface area contributed by atoms with Gasteiger partial charge in [-0.3, -0.25) is 4.79 Å². The molecule has 0 unspecified atom stereocenters. The normalized spacial score (nSPS) is 12.1. The van der Waals surface area contributed by atoms with Gasteiger partial charge in [0.1, 0.15) is 23.7 Å². The van der Waals surface area contributed by atoms with E-state index in [1.165, 1.54) is 0 Å². The molecule has 1 aliphatic rings. The molecule has 0 bridgehead atoms. The van der Waals surface area contributed by atoms with Crippen LogP contribution < -0.4 is 24.4 Å². The van der Waals surface area contributed by atoms with Gasteiger partial charge in [-0.15, -0.1) is 0 Å². The first-order valence-electron chi connectivity index (χ1n) is 7.69. The summed E-state index contributed by atoms with van der Waals surface area (Å²) < 4.78 is 27.5. The zero-order valence-electron chi connectivity index (χ0n) is 14.0. The average Bonchev–Trinajstić information content (AvgIpc) is 2.66. The maximum Gasteiger partial charge on any atom is 0.201 e. The first-order chi connectivity index (χ1) is 12.2. The van der Waals surface area contributed by atoms with Crippen molar-refractivity contribution in [3.05, 3.63) is 46.3 Å². The molecule has 3 aromatic rings. The molecule has 6 heteroatoms. The van der Waals surface area contributed by atoms with Gasteiger partial charge in [-0.05, 0) is 18.2 Å². The van der Waals surface area contributed by atoms with E-state index in [-0.39, 0.29) is 12.0 Å². The third-order valence-electron chi connectivity index (χ3n) is 4.29. The van der Waals surface area contributed by atoms with Gasteiger partial charge in [-0.25, -0.2) is 0 Å². The molecular formula is C19H16O6. The second kappa shape index (κ2) is 5.73. The van der Waals surface area contributed by atoms with Gasteiger partial charge < -0.3 is 23.4 Å². The van der Waals surface area contributed by atoms with E-state index in [2.05, 4.69) is 0 Å². The Labute approximate surface area is 143 Å². The summed E-state index contributed by atoms with van der Waals surface area (Å²) in [6.45, 7) is 0.167. The molecule has 0 radical (unpaired) electrons. The van der Waals surface area contributed by atoms with Gasteiger partial charge in [0, 0.05) is 17.7 Å². The standard InChI is InChI=1S/C19H16O6/c1-21-10-4-5-11-14(6-10)25-17-9-24-13-8-16(23-3)15(22-2)7-12(13)18(17)19(11)20/h4-8H,9H2,1-3H3. The summed E-state index contributed by atoms with van der Waals surface area (Å²) in [4.78, 5) is 13.1. The van der Waals surface area contributed by atoms with E-state index in [1.807, 2.05) is 0 Å². The molecule has 0 fully saturated rings. The number of methoxy groups -OCH3 is 3. The molecule has 1 aromatic heterocycles. The smallest absolute Gasteiger partial charge is 0.201 e. The minimum atomic E-state index is -0.115. The molecule has 6 nitrogen and oxygen atoms in total. The minimum Gasteiger partial charge on any atom is -0.497 e. The lowest BCUT2D eigenvalue weighted by Gasteiger charge is -2.21. The fourth-order valence-corrected chi connectivity index (χ4v) is 3.04. The molecule has 0 atom stereocenters. The second-order valence-corrected chi connectivity index (χ2v) is 5.58. The summed E-state index contributed by atoms with van der Waals surface area (Å²) in [5.41, 5.74) is 1.47. The number of hydrogen-bond acceptors (Lipinski definition) is 6. The van der Waals surface area contributed by atoms with Crippen LogP contribution in [-0.2, 0) is 6.61 Å². The SMILES string of the molecule is COc1ccc2c(=O)c3c(oc2c1)COc1cc(OC)c(OC)cc1-3. The highest BCUT2D eigenvalue weighted by atomic mass is 16.5. The Morgan fingerprint density at radius 2 is 1.72 bits per heavy atom. The molecule has 0 aliphatic carbocycles. The van der Waals surface area contributed by atoms with E-state index in [0.717, 1.165) is 0 Å². The largest absolute Gasteiger partial charge is 0.497 e. The monoisotopic (exact) mass is 340 g/mol. The predicted molar refractivity (Wildman–Crippen MR) is 91.9 cm³/mol. The summed E-state index contributed by atoms with van der Waals surface area (Å²) >= 11 is 0. The molecule has 1 aliphatic heterocycles. The lowest BCUT2D eigenvalue weighted by atomic mass is 9.98. The number of fused-ring (bicyclic) bond motifs is 4. The molecular weight excluding hydrogens is 324 g/mol. The summed E-state index contributed by atoms with van der Waals surface area (Å²) in [5, 5.41) is 0.488. The Balaban J connectivity index is 2.01. The molecule has 0 saturated heterocycles. The average molecular weight is 340 g/mol. The molecule has 0 spiro atoms. The van der Waals surface area contributed by atoms with Gasteiger partial charge in [-0.1, -0.05) is 0 Å². The molecule has 25 heavy (non-hydrogen) atoms. The van der Waals surface area contributed by atoms with Crippen LogP contribution in [-0.4, -0.2) is 21.3 Å². The van der Waals surface area contributed by atoms with E-state index in [9.17, 15) is 4.79 Å². The lowest BCUT2D eigenvalue weighted by Crippen LogP contribution is -2.15. The van der Waals surface area contributed by atoms with E-state index < -0.39 is 0 Å². The predicted octanol–water partition coefficient (Wildman–Crippen LogP) is 3.38. The first kappa shape index (κ1) is 15.4. The lowest BCUT2D eigenvalue weighted by molar-refractivity contribution is 0.264. The summed E-state index contributed by atoms with van der Waals surface area (Å²) in [7, 11) is 4.66. The third kappa shape index (κ3) is 2.29. The van der Waals surface area contributed by atoms with Crippen LogP contribution in [0.15, 0.2) is 39.5 Å². The number of ether oxygens (including phenoxy) is 4. The molecule has 0 amide bonds. The fourth-order valence-electron chi connectivity index (χ4n) is 3.04. The van der Waals surface area contributed by atoms with Crippen molar-refractivity contribution in [2.24, 2.45) is 0 Å². The van der Waals surface area contributed by atoms with Crippen LogP contribution >= 0.6 is 0 Å². The summed E-state index contributed by atoms with van der Waals surface area (Å²) in [6, 6.07) is 8.59. The van der Waals surface area contributed by atoms with Gasteiger partial charge >= 0.3 is 0 Å². The van der Waals surface area contributed by atoms with Gasteiger partial charge in [0.2, 0.25) is 5.43 Å². The van der Waals surface area contributed by atoms with Crippen LogP contribution in [0.3, 0.4) is 0 Å². The van der Waals surface area contributed by atoms with Crippen molar-refractivity contribution in [1.82, 2.24) is 0 Å². The Hall–Kier alpha value is -3.15. The zero-order valence-corrected chi connectivity index (χ0v) is 14.0. The van der Waals surface area contributed by atoms with Crippen molar-refractivity contribution < 1.29 is 23.4 Å². The molecule has 0 N–H and O–H groups in total. The summed E-state index contributed by atoms with van der Waals surface area (Å²) in [5.74, 6) is 2.72. The number of benzene rings is 2. The molecule has 2 aromatic carbocycles. The second-order valence-electron chi connectivity index (χ2n) is 5.58. The Morgan fingerprint density at radius 3 is 2.44 bits per heavy atom. The highest BCUT2D eigenvalue weighted by Gasteiger charge is 2.26. The van der Waals surface area contributed by atoms with Gasteiger partial charge in [0.15, 0.2) is 17.3 Å². The van der Waals surface area contributed by atoms with Gasteiger partial charge in [0.05, 0.1) is 32.3 Å². The maximum absolute atomic E-state index is 13.1. The van der Waals surface area contributed by atoms with Gasteiger partial charge in [-0.2, -0.15) is 0 Å². The van der Waals surface area contributed by atoms with Crippen molar-refractivity contribution in [2.75, 3.05) is 21.3 Å². The Kier molecular flexibility index (Phi) is 3.53. The van der Waals surface area contributed by atoms with Crippen LogP contribution in [0.4, 0.5) is 0 Å². The molecule has 4 rings (SSSR count). The van der Waals surface area contributed by atoms with Crippen LogP contribution in [0.2, 0.25) is 0 Å². The highest BCUT2D eigenvalue weighted by Crippen LogP contribution is 2.43. The van der Waals surface area contributed by atoms with Crippen molar-refractivity contribution in [1.29, 1.82) is 0 Å². The van der Waals surface area contributed by atoms with E-state index >= 15 is 0 Å². The van der Waals surface area contributed by atoms with E-state index in [4.69, 9.17) is 23.4 Å². The van der Waals surface area contributed by atoms with Crippen LogP contribution in [0.1, 0.15) is 5.76 Å². The molecule has 2 heterocycles. The first-order valence-corrected chi connectivity index (χ1v) is 7.69. The fraction of sp³-hybridized carbons (Fsp3) is 0.211. The topological polar surface area (TPSA) is 67.1 Å². The third-order valence-corrected chi connectivity index (χ3v) is 4.29. The van der Waals surface area contributed by atoms with Crippen molar-refractivity contribution in [2.45, 2.75) is 6.61 Å². The summed E-state index contributed by atoms with van der Waals surface area (Å²) in [6.07, 6.45) is 0. The highest BCUT2D eigenvalue weighted by molar-refractivity contribution is 5.86. The van der Waals surface area contributed by atoms with Crippen LogP contribution in [0, 0.1) is 0 Å². The molecule has 0 saturated carbocycles. The number of hydrogen-bond donors (Lipinski definition) is 0. The van der Waals surface area contributed by atoms with Crippen molar-refractivity contribution in [3.63, 3.8) is 0 Å². The number of rotatable bonds is 3. The Bertz CT molecular complexity index is 1030. The van der Waals surface area contributed by atoms with Crippen molar-refractivity contribution >= 4 is 11.0 Å².